The van der Waals surface area contributed by atoms with Crippen molar-refractivity contribution in [2.75, 3.05) is 13.2 Å². The van der Waals surface area contributed by atoms with Gasteiger partial charge in [0.1, 0.15) is 36.6 Å². The van der Waals surface area contributed by atoms with Gasteiger partial charge in [0.25, 0.3) is 0 Å². The molecule has 11 heteroatoms. The second-order valence-electron chi connectivity index (χ2n) is 15.8. The Kier molecular flexibility index (Phi) is 31.5. The fourth-order valence-electron chi connectivity index (χ4n) is 7.20. The van der Waals surface area contributed by atoms with Crippen molar-refractivity contribution in [1.29, 1.82) is 0 Å². The first-order valence-electron chi connectivity index (χ1n) is 21.9. The zero-order valence-electron chi connectivity index (χ0n) is 33.8. The van der Waals surface area contributed by atoms with E-state index < -0.39 is 74.2 Å². The molecule has 9 atom stereocenters. The van der Waals surface area contributed by atoms with Gasteiger partial charge in [-0.15, -0.1) is 0 Å². The Labute approximate surface area is 322 Å². The average molecular weight is 762 g/mol. The number of aliphatic hydroxyl groups is 7. The molecule has 316 valence electrons. The number of carbonyl (C=O) groups is 1. The van der Waals surface area contributed by atoms with Crippen molar-refractivity contribution in [3.8, 4) is 0 Å². The molecule has 0 aromatic rings. The van der Waals surface area contributed by atoms with Gasteiger partial charge in [-0.3, -0.25) is 4.79 Å². The van der Waals surface area contributed by atoms with E-state index in [1.54, 1.807) is 0 Å². The molecule has 1 fully saturated rings. The number of rotatable bonds is 36. The molecule has 1 aliphatic heterocycles. The minimum atomic E-state index is -1.65. The lowest BCUT2D eigenvalue weighted by Crippen LogP contribution is -2.60. The van der Waals surface area contributed by atoms with Gasteiger partial charge in [-0.1, -0.05) is 181 Å². The molecule has 1 saturated heterocycles. The zero-order valence-corrected chi connectivity index (χ0v) is 33.8. The molecule has 11 nitrogen and oxygen atoms in total. The Morgan fingerprint density at radius 1 is 0.585 bits per heavy atom. The molecule has 1 amide bonds. The van der Waals surface area contributed by atoms with Crippen molar-refractivity contribution in [2.45, 2.75) is 249 Å². The zero-order chi connectivity index (χ0) is 39.1. The highest BCUT2D eigenvalue weighted by Crippen LogP contribution is 2.23. The molecule has 0 aliphatic carbocycles. The van der Waals surface area contributed by atoms with E-state index in [0.717, 1.165) is 38.5 Å². The average Bonchev–Trinajstić information content (AvgIpc) is 3.16. The molecule has 8 N–H and O–H groups in total. The van der Waals surface area contributed by atoms with Crippen LogP contribution < -0.4 is 5.32 Å². The predicted molar refractivity (Wildman–Crippen MR) is 210 cm³/mol. The topological polar surface area (TPSA) is 189 Å². The molecule has 1 heterocycles. The summed E-state index contributed by atoms with van der Waals surface area (Å²) in [4.78, 5) is 12.9. The summed E-state index contributed by atoms with van der Waals surface area (Å²) in [6, 6.07) is -1.16. The van der Waals surface area contributed by atoms with Gasteiger partial charge in [0.05, 0.1) is 25.4 Å². The maximum Gasteiger partial charge on any atom is 0.249 e. The Balaban J connectivity index is 2.25. The lowest BCUT2D eigenvalue weighted by atomic mass is 9.98. The van der Waals surface area contributed by atoms with Gasteiger partial charge < -0.3 is 50.5 Å². The molecular weight excluding hydrogens is 678 g/mol. The SMILES string of the molecule is CCCCCCCCCCCCCCCCCCCCCCCCC(O)C(=O)NC(COC1OC(CO)C(O)C(O)C1O)C(O)C(O)CCCCCC. The number of ether oxygens (including phenoxy) is 2. The molecule has 9 unspecified atom stereocenters. The molecule has 0 spiro atoms. The molecule has 0 bridgehead atoms. The van der Waals surface area contributed by atoms with Crippen LogP contribution in [0.5, 0.6) is 0 Å². The first-order chi connectivity index (χ1) is 25.7. The number of unbranched alkanes of at least 4 members (excludes halogenated alkanes) is 24. The van der Waals surface area contributed by atoms with Crippen LogP contribution in [0.25, 0.3) is 0 Å². The van der Waals surface area contributed by atoms with Crippen LogP contribution in [0.3, 0.4) is 0 Å². The van der Waals surface area contributed by atoms with E-state index in [2.05, 4.69) is 19.2 Å². The number of hydrogen-bond donors (Lipinski definition) is 8. The highest BCUT2D eigenvalue weighted by molar-refractivity contribution is 5.80. The van der Waals surface area contributed by atoms with E-state index in [-0.39, 0.29) is 6.42 Å². The number of hydrogen-bond acceptors (Lipinski definition) is 10. The minimum absolute atomic E-state index is 0.265. The fourth-order valence-corrected chi connectivity index (χ4v) is 7.20. The summed E-state index contributed by atoms with van der Waals surface area (Å²) < 4.78 is 11.0. The maximum atomic E-state index is 12.9. The fraction of sp³-hybridized carbons (Fsp3) is 0.976. The number of nitrogens with one attached hydrogen (secondary N) is 1. The normalized spacial score (nSPS) is 22.8. The predicted octanol–water partition coefficient (Wildman–Crippen LogP) is 6.33. The summed E-state index contributed by atoms with van der Waals surface area (Å²) >= 11 is 0. The monoisotopic (exact) mass is 762 g/mol. The summed E-state index contributed by atoms with van der Waals surface area (Å²) in [5, 5.41) is 74.7. The second-order valence-corrected chi connectivity index (χ2v) is 15.8. The standard InChI is InChI=1S/C42H83NO10/c1-3-5-7-9-10-11-12-13-14-15-16-17-18-19-20-21-22-23-24-25-26-28-30-35(46)41(51)43-33(37(47)34(45)29-27-8-6-4-2)32-52-42-40(50)39(49)38(48)36(31-44)53-42/h33-40,42,44-50H,3-32H2,1-2H3,(H,43,51). The third-order valence-corrected chi connectivity index (χ3v) is 10.9. The van der Waals surface area contributed by atoms with E-state index in [4.69, 9.17) is 9.47 Å². The molecule has 53 heavy (non-hydrogen) atoms. The van der Waals surface area contributed by atoms with Crippen LogP contribution in [0.2, 0.25) is 0 Å². The highest BCUT2D eigenvalue weighted by atomic mass is 16.7. The van der Waals surface area contributed by atoms with Gasteiger partial charge in [0, 0.05) is 0 Å². The van der Waals surface area contributed by atoms with E-state index in [1.807, 2.05) is 0 Å². The van der Waals surface area contributed by atoms with Gasteiger partial charge in [-0.25, -0.2) is 0 Å². The van der Waals surface area contributed by atoms with Gasteiger partial charge >= 0.3 is 0 Å². The van der Waals surface area contributed by atoms with Gasteiger partial charge in [0.15, 0.2) is 6.29 Å². The third kappa shape index (κ3) is 23.7. The van der Waals surface area contributed by atoms with E-state index in [1.165, 1.54) is 116 Å². The van der Waals surface area contributed by atoms with Gasteiger partial charge in [0.2, 0.25) is 5.91 Å². The molecule has 0 aromatic carbocycles. The quantitative estimate of drug-likeness (QED) is 0.0335. The largest absolute Gasteiger partial charge is 0.394 e. The van der Waals surface area contributed by atoms with Crippen molar-refractivity contribution in [1.82, 2.24) is 5.32 Å². The van der Waals surface area contributed by atoms with Crippen molar-refractivity contribution in [3.05, 3.63) is 0 Å². The smallest absolute Gasteiger partial charge is 0.249 e. The van der Waals surface area contributed by atoms with E-state index >= 15 is 0 Å². The number of carbonyl (C=O) groups excluding carboxylic acids is 1. The Bertz CT molecular complexity index is 836. The molecule has 0 saturated carbocycles. The molecule has 0 radical (unpaired) electrons. The van der Waals surface area contributed by atoms with Crippen molar-refractivity contribution in [3.63, 3.8) is 0 Å². The summed E-state index contributed by atoms with van der Waals surface area (Å²) in [7, 11) is 0. The van der Waals surface area contributed by atoms with Crippen LogP contribution in [0, 0.1) is 0 Å². The maximum absolute atomic E-state index is 12.9. The van der Waals surface area contributed by atoms with Crippen LogP contribution in [-0.4, -0.2) is 110 Å². The van der Waals surface area contributed by atoms with Crippen LogP contribution in [0.15, 0.2) is 0 Å². The van der Waals surface area contributed by atoms with Crippen LogP contribution in [0.4, 0.5) is 0 Å². The first kappa shape index (κ1) is 50.1. The molecule has 1 rings (SSSR count). The van der Waals surface area contributed by atoms with E-state index in [9.17, 15) is 40.5 Å². The molecule has 1 aliphatic rings. The van der Waals surface area contributed by atoms with Crippen LogP contribution in [-0.2, 0) is 14.3 Å². The Hall–Kier alpha value is -0.890. The van der Waals surface area contributed by atoms with Crippen molar-refractivity contribution in [2.24, 2.45) is 0 Å². The van der Waals surface area contributed by atoms with Crippen molar-refractivity contribution < 1.29 is 50.0 Å². The van der Waals surface area contributed by atoms with Gasteiger partial charge in [-0.2, -0.15) is 0 Å². The lowest BCUT2D eigenvalue weighted by molar-refractivity contribution is -0.303. The molecular formula is C42H83NO10. The number of aliphatic hydroxyl groups excluding tert-OH is 7. The third-order valence-electron chi connectivity index (χ3n) is 10.9. The Morgan fingerprint density at radius 3 is 1.42 bits per heavy atom. The number of amides is 1. The van der Waals surface area contributed by atoms with Crippen molar-refractivity contribution >= 4 is 5.91 Å². The van der Waals surface area contributed by atoms with Crippen LogP contribution in [0.1, 0.15) is 194 Å². The summed E-state index contributed by atoms with van der Waals surface area (Å²) in [6.07, 6.45) is 21.1. The summed E-state index contributed by atoms with van der Waals surface area (Å²) in [5.74, 6) is -0.701. The van der Waals surface area contributed by atoms with Gasteiger partial charge in [-0.05, 0) is 12.8 Å². The Morgan fingerprint density at radius 2 is 0.981 bits per heavy atom. The second kappa shape index (κ2) is 33.3. The highest BCUT2D eigenvalue weighted by Gasteiger charge is 2.44. The van der Waals surface area contributed by atoms with Crippen LogP contribution >= 0.6 is 0 Å². The first-order valence-corrected chi connectivity index (χ1v) is 21.9. The van der Waals surface area contributed by atoms with E-state index in [0.29, 0.717) is 19.3 Å². The minimum Gasteiger partial charge on any atom is -0.394 e. The molecule has 0 aromatic heterocycles. The lowest BCUT2D eigenvalue weighted by Gasteiger charge is -2.40. The summed E-state index contributed by atoms with van der Waals surface area (Å²) in [6.45, 7) is 3.29. The summed E-state index contributed by atoms with van der Waals surface area (Å²) in [5.41, 5.74) is 0.